The zero-order valence-electron chi connectivity index (χ0n) is 4.61. The second-order valence-corrected chi connectivity index (χ2v) is 3.05. The van der Waals surface area contributed by atoms with Gasteiger partial charge in [0.15, 0.2) is 0 Å². The summed E-state index contributed by atoms with van der Waals surface area (Å²) in [5.41, 5.74) is 0.889. The molecular weight excluding hydrogens is 84.1 g/mol. The molecule has 2 aliphatic rings. The van der Waals surface area contributed by atoms with Crippen LogP contribution in [0.5, 0.6) is 0 Å². The van der Waals surface area contributed by atoms with E-state index < -0.39 is 0 Å². The van der Waals surface area contributed by atoms with Crippen molar-refractivity contribution in [2.45, 2.75) is 32.1 Å². The van der Waals surface area contributed by atoms with Crippen LogP contribution in [0.1, 0.15) is 32.1 Å². The highest BCUT2D eigenvalue weighted by Gasteiger charge is 2.41. The van der Waals surface area contributed by atoms with Crippen molar-refractivity contribution >= 4 is 0 Å². The summed E-state index contributed by atoms with van der Waals surface area (Å²) in [4.78, 5) is 0. The van der Waals surface area contributed by atoms with Gasteiger partial charge in [-0.2, -0.15) is 0 Å². The van der Waals surface area contributed by atoms with Crippen molar-refractivity contribution in [3.05, 3.63) is 6.42 Å². The molecule has 0 saturated heterocycles. The van der Waals surface area contributed by atoms with E-state index in [1.165, 1.54) is 32.1 Å². The molecule has 0 amide bonds. The fourth-order valence-corrected chi connectivity index (χ4v) is 1.64. The highest BCUT2D eigenvalue weighted by Crippen LogP contribution is 2.54. The summed E-state index contributed by atoms with van der Waals surface area (Å²) in [5.74, 6) is 0. The van der Waals surface area contributed by atoms with E-state index in [0.717, 1.165) is 5.41 Å². The molecule has 7 heavy (non-hydrogen) atoms. The summed E-state index contributed by atoms with van der Waals surface area (Å²) in [6, 6.07) is 0. The van der Waals surface area contributed by atoms with Gasteiger partial charge in [0.2, 0.25) is 0 Å². The molecule has 1 radical (unpaired) electrons. The Labute approximate surface area is 44.9 Å². The number of hydrogen-bond acceptors (Lipinski definition) is 0. The zero-order valence-corrected chi connectivity index (χ0v) is 4.61. The van der Waals surface area contributed by atoms with Gasteiger partial charge in [0.1, 0.15) is 0 Å². The third kappa shape index (κ3) is 0.375. The van der Waals surface area contributed by atoms with Gasteiger partial charge in [0.25, 0.3) is 0 Å². The lowest BCUT2D eigenvalue weighted by atomic mass is 9.56. The molecule has 1 spiro atoms. The van der Waals surface area contributed by atoms with Gasteiger partial charge in [-0.05, 0) is 37.5 Å². The molecule has 0 heterocycles. The Bertz CT molecular complexity index is 60.5. The predicted octanol–water partition coefficient (Wildman–Crippen LogP) is 2.15. The molecule has 2 saturated carbocycles. The molecular formula is C7H11. The summed E-state index contributed by atoms with van der Waals surface area (Å²) in [6.45, 7) is 0. The van der Waals surface area contributed by atoms with Crippen LogP contribution in [-0.4, -0.2) is 0 Å². The van der Waals surface area contributed by atoms with E-state index in [1.54, 1.807) is 0 Å². The van der Waals surface area contributed by atoms with E-state index >= 15 is 0 Å². The van der Waals surface area contributed by atoms with Crippen LogP contribution in [0.3, 0.4) is 0 Å². The topological polar surface area (TPSA) is 0 Å². The summed E-state index contributed by atoms with van der Waals surface area (Å²) in [6.07, 6.45) is 9.86. The molecule has 2 rings (SSSR count). The maximum Gasteiger partial charge on any atom is -0.0292 e. The molecule has 0 heteroatoms. The Morgan fingerprint density at radius 1 is 1.14 bits per heavy atom. The van der Waals surface area contributed by atoms with Gasteiger partial charge in [0, 0.05) is 0 Å². The number of hydrogen-bond donors (Lipinski definition) is 0. The average Bonchev–Trinajstić information content (AvgIpc) is 1.20. The fourth-order valence-electron chi connectivity index (χ4n) is 1.64. The van der Waals surface area contributed by atoms with E-state index in [0.29, 0.717) is 0 Å². The Hall–Kier alpha value is 0. The second kappa shape index (κ2) is 1.04. The maximum atomic E-state index is 2.42. The maximum absolute atomic E-state index is 2.42. The molecule has 0 aromatic carbocycles. The molecule has 0 bridgehead atoms. The van der Waals surface area contributed by atoms with Crippen molar-refractivity contribution in [3.8, 4) is 0 Å². The van der Waals surface area contributed by atoms with Gasteiger partial charge < -0.3 is 0 Å². The van der Waals surface area contributed by atoms with Crippen molar-refractivity contribution in [3.63, 3.8) is 0 Å². The molecule has 0 aliphatic heterocycles. The average molecular weight is 95.2 g/mol. The van der Waals surface area contributed by atoms with Gasteiger partial charge in [-0.3, -0.25) is 0 Å². The third-order valence-corrected chi connectivity index (χ3v) is 2.57. The lowest BCUT2D eigenvalue weighted by molar-refractivity contribution is 0.0759. The standard InChI is InChI=1S/C7H11/c1-3-7(4-1)5-2-6-7/h1H,2-6H2. The van der Waals surface area contributed by atoms with E-state index in [9.17, 15) is 0 Å². The minimum absolute atomic E-state index is 0.889. The quantitative estimate of drug-likeness (QED) is 0.432. The molecule has 0 aromatic heterocycles. The SMILES string of the molecule is [CH]1CC2(C1)CCC2. The molecule has 2 aliphatic carbocycles. The zero-order chi connectivity index (χ0) is 4.74. The first-order valence-electron chi connectivity index (χ1n) is 3.23. The van der Waals surface area contributed by atoms with Gasteiger partial charge >= 0.3 is 0 Å². The predicted molar refractivity (Wildman–Crippen MR) is 29.8 cm³/mol. The van der Waals surface area contributed by atoms with E-state index in [4.69, 9.17) is 0 Å². The summed E-state index contributed by atoms with van der Waals surface area (Å²) < 4.78 is 0. The largest absolute Gasteiger partial charge is 0.0522 e. The van der Waals surface area contributed by atoms with Crippen molar-refractivity contribution in [2.24, 2.45) is 5.41 Å². The molecule has 0 nitrogen and oxygen atoms in total. The van der Waals surface area contributed by atoms with Crippen LogP contribution in [0.2, 0.25) is 0 Å². The van der Waals surface area contributed by atoms with Gasteiger partial charge in [-0.15, -0.1) is 0 Å². The minimum Gasteiger partial charge on any atom is -0.0522 e. The van der Waals surface area contributed by atoms with Gasteiger partial charge in [-0.1, -0.05) is 6.42 Å². The van der Waals surface area contributed by atoms with Crippen LogP contribution < -0.4 is 0 Å². The first-order chi connectivity index (χ1) is 3.41. The van der Waals surface area contributed by atoms with E-state index in [-0.39, 0.29) is 0 Å². The summed E-state index contributed by atoms with van der Waals surface area (Å²) in [5, 5.41) is 0. The molecule has 2 fully saturated rings. The van der Waals surface area contributed by atoms with Gasteiger partial charge in [0.05, 0.1) is 0 Å². The van der Waals surface area contributed by atoms with Crippen LogP contribution in [-0.2, 0) is 0 Å². The first-order valence-corrected chi connectivity index (χ1v) is 3.23. The van der Waals surface area contributed by atoms with Crippen LogP contribution in [0.4, 0.5) is 0 Å². The normalized spacial score (nSPS) is 34.3. The Morgan fingerprint density at radius 3 is 1.86 bits per heavy atom. The lowest BCUT2D eigenvalue weighted by Gasteiger charge is -2.49. The van der Waals surface area contributed by atoms with Crippen molar-refractivity contribution in [1.82, 2.24) is 0 Å². The van der Waals surface area contributed by atoms with Crippen LogP contribution >= 0.6 is 0 Å². The Balaban J connectivity index is 2.00. The Morgan fingerprint density at radius 2 is 1.86 bits per heavy atom. The molecule has 0 unspecified atom stereocenters. The van der Waals surface area contributed by atoms with Crippen LogP contribution in [0, 0.1) is 11.8 Å². The van der Waals surface area contributed by atoms with Crippen molar-refractivity contribution in [1.29, 1.82) is 0 Å². The van der Waals surface area contributed by atoms with Crippen molar-refractivity contribution < 1.29 is 0 Å². The molecule has 39 valence electrons. The molecule has 0 N–H and O–H groups in total. The molecule has 0 atom stereocenters. The highest BCUT2D eigenvalue weighted by molar-refractivity contribution is 5.03. The smallest absolute Gasteiger partial charge is 0.0292 e. The summed E-state index contributed by atoms with van der Waals surface area (Å²) >= 11 is 0. The molecule has 0 aromatic rings. The van der Waals surface area contributed by atoms with Crippen LogP contribution in [0.15, 0.2) is 0 Å². The Kier molecular flexibility index (Phi) is 0.586. The lowest BCUT2D eigenvalue weighted by Crippen LogP contribution is -2.36. The summed E-state index contributed by atoms with van der Waals surface area (Å²) in [7, 11) is 0. The van der Waals surface area contributed by atoms with Crippen molar-refractivity contribution in [2.75, 3.05) is 0 Å². The van der Waals surface area contributed by atoms with E-state index in [2.05, 4.69) is 6.42 Å². The minimum atomic E-state index is 0.889. The first kappa shape index (κ1) is 3.94. The van der Waals surface area contributed by atoms with Gasteiger partial charge in [-0.25, -0.2) is 0 Å². The monoisotopic (exact) mass is 95.1 g/mol. The third-order valence-electron chi connectivity index (χ3n) is 2.57. The number of rotatable bonds is 0. The fraction of sp³-hybridized carbons (Fsp3) is 0.857. The van der Waals surface area contributed by atoms with E-state index in [1.807, 2.05) is 0 Å². The second-order valence-electron chi connectivity index (χ2n) is 3.05. The highest BCUT2D eigenvalue weighted by atomic mass is 14.5. The van der Waals surface area contributed by atoms with Crippen LogP contribution in [0.25, 0.3) is 0 Å².